The number of nitrogens with zero attached hydrogens (tertiary/aromatic N) is 1. The van der Waals surface area contributed by atoms with Gasteiger partial charge in [-0.1, -0.05) is 121 Å². The van der Waals surface area contributed by atoms with Crippen LogP contribution >= 0.6 is 0 Å². The minimum absolute atomic E-state index is 0.502. The number of fused-ring (bicyclic) bond motifs is 7. The molecule has 2 aliphatic rings. The Morgan fingerprint density at radius 3 is 1.47 bits per heavy atom. The summed E-state index contributed by atoms with van der Waals surface area (Å²) < 4.78 is 0. The monoisotopic (exact) mass is 630 g/mol. The molecule has 49 heavy (non-hydrogen) atoms. The van der Waals surface area contributed by atoms with E-state index in [0.717, 1.165) is 78.3 Å². The number of hydrogen-bond donors (Lipinski definition) is 3. The molecule has 0 radical (unpaired) electrons. The molecule has 2 aliphatic heterocycles. The number of aromatic nitrogens is 3. The van der Waals surface area contributed by atoms with Crippen molar-refractivity contribution in [3.63, 3.8) is 0 Å². The van der Waals surface area contributed by atoms with Crippen LogP contribution in [-0.2, 0) is 5.41 Å². The number of allylic oxidation sites excluding steroid dienone is 2. The number of benzene rings is 4. The molecule has 0 amide bonds. The van der Waals surface area contributed by atoms with Gasteiger partial charge >= 0.3 is 0 Å². The fraction of sp³-hybridized carbons (Fsp3) is 0.0444. The maximum absolute atomic E-state index is 5.38. The zero-order valence-electron chi connectivity index (χ0n) is 27.1. The number of nitrogens with one attached hydrogen (secondary N) is 3. The van der Waals surface area contributed by atoms with Gasteiger partial charge in [-0.2, -0.15) is 0 Å². The summed E-state index contributed by atoms with van der Waals surface area (Å²) in [7, 11) is 0. The van der Waals surface area contributed by atoms with Crippen LogP contribution in [0.25, 0.3) is 16.7 Å². The second kappa shape index (κ2) is 11.7. The van der Waals surface area contributed by atoms with Gasteiger partial charge in [-0.25, -0.2) is 4.99 Å². The van der Waals surface area contributed by atoms with Crippen molar-refractivity contribution in [3.05, 3.63) is 231 Å². The van der Waals surface area contributed by atoms with Gasteiger partial charge in [-0.05, 0) is 77.7 Å². The van der Waals surface area contributed by atoms with Crippen molar-refractivity contribution in [2.45, 2.75) is 12.3 Å². The molecule has 0 saturated heterocycles. The first kappa shape index (κ1) is 28.8. The van der Waals surface area contributed by atoms with Gasteiger partial charge in [0.05, 0.1) is 16.8 Å². The number of aliphatic imine (C=N–C) groups is 1. The molecule has 234 valence electrons. The van der Waals surface area contributed by atoms with E-state index in [9.17, 15) is 0 Å². The number of hydrogen-bond acceptors (Lipinski definition) is 1. The van der Waals surface area contributed by atoms with Crippen LogP contribution in [0.1, 0.15) is 52.0 Å². The molecule has 3 aromatic heterocycles. The number of H-pyrrole nitrogens is 3. The number of rotatable bonds is 4. The van der Waals surface area contributed by atoms with Crippen molar-refractivity contribution in [2.75, 3.05) is 0 Å². The third kappa shape index (κ3) is 4.88. The zero-order chi connectivity index (χ0) is 32.8. The van der Waals surface area contributed by atoms with E-state index in [2.05, 4.69) is 192 Å². The van der Waals surface area contributed by atoms with Crippen molar-refractivity contribution in [2.24, 2.45) is 4.99 Å². The lowest BCUT2D eigenvalue weighted by molar-refractivity contribution is 0.649. The lowest BCUT2D eigenvalue weighted by atomic mass is 9.77. The lowest BCUT2D eigenvalue weighted by Crippen LogP contribution is -2.26. The molecule has 0 saturated carbocycles. The Morgan fingerprint density at radius 1 is 0.429 bits per heavy atom. The SMILES string of the molecule is C[C@]1(c2ccccc2)c2ccc([nH]2)/C(c2ccccc2)=C2/C=CC(=N2)/C(c2ccccc2)=c2/cc/c([nH]2)=C(\c2ccccc2)c2ccc1[nH]2. The molecule has 4 heteroatoms. The molecule has 0 unspecified atom stereocenters. The average molecular weight is 631 g/mol. The summed E-state index contributed by atoms with van der Waals surface area (Å²) in [6.07, 6.45) is 4.30. The smallest absolute Gasteiger partial charge is 0.0737 e. The van der Waals surface area contributed by atoms with E-state index in [1.54, 1.807) is 0 Å². The first-order valence-corrected chi connectivity index (χ1v) is 16.7. The minimum atomic E-state index is -0.502. The lowest BCUT2D eigenvalue weighted by Gasteiger charge is -2.29. The van der Waals surface area contributed by atoms with E-state index in [0.29, 0.717) is 0 Å². The third-order valence-electron chi connectivity index (χ3n) is 9.90. The molecule has 0 aliphatic carbocycles. The molecule has 9 rings (SSSR count). The molecular formula is C45H34N4. The van der Waals surface area contributed by atoms with Gasteiger partial charge in [0.25, 0.3) is 0 Å². The molecule has 7 aromatic rings. The van der Waals surface area contributed by atoms with Crippen molar-refractivity contribution in [3.8, 4) is 0 Å². The van der Waals surface area contributed by atoms with Crippen molar-refractivity contribution >= 4 is 22.4 Å². The zero-order valence-corrected chi connectivity index (χ0v) is 27.1. The van der Waals surface area contributed by atoms with Gasteiger partial charge in [-0.15, -0.1) is 0 Å². The first-order chi connectivity index (χ1) is 24.2. The normalized spacial score (nSPS) is 20.7. The van der Waals surface area contributed by atoms with E-state index in [-0.39, 0.29) is 0 Å². The first-order valence-electron chi connectivity index (χ1n) is 16.7. The van der Waals surface area contributed by atoms with Gasteiger partial charge in [0.15, 0.2) is 0 Å². The molecule has 4 nitrogen and oxygen atoms in total. The summed E-state index contributed by atoms with van der Waals surface area (Å²) in [6.45, 7) is 2.30. The predicted octanol–water partition coefficient (Wildman–Crippen LogP) is 8.26. The van der Waals surface area contributed by atoms with Crippen molar-refractivity contribution in [1.82, 2.24) is 15.0 Å². The van der Waals surface area contributed by atoms with Crippen LogP contribution in [0.4, 0.5) is 0 Å². The Labute approximate surface area is 285 Å². The van der Waals surface area contributed by atoms with Gasteiger partial charge < -0.3 is 15.0 Å². The third-order valence-corrected chi connectivity index (χ3v) is 9.90. The molecule has 4 aromatic carbocycles. The van der Waals surface area contributed by atoms with E-state index in [4.69, 9.17) is 4.99 Å². The number of aromatic amines is 3. The molecule has 3 N–H and O–H groups in total. The quantitative estimate of drug-likeness (QED) is 0.175. The van der Waals surface area contributed by atoms with Gasteiger partial charge in [-0.3, -0.25) is 0 Å². The summed E-state index contributed by atoms with van der Waals surface area (Å²) in [4.78, 5) is 17.0. The standard InChI is InChI=1S/C45H34N4/c1-45(33-20-12-5-13-21-33)40-28-26-38(48-40)43(31-16-8-3-9-17-31)36-24-22-34(46-36)42(30-14-6-2-7-15-30)35-23-25-37(47-35)44(32-18-10-4-11-19-32)39-27-29-41(45)49-39/h2-29,46,48-49H,1H3/b42-34-,43-36-,44-37-/t45-/m1/s1. The Kier molecular flexibility index (Phi) is 6.87. The Balaban J connectivity index is 1.42. The molecule has 5 heterocycles. The fourth-order valence-electron chi connectivity index (χ4n) is 7.37. The van der Waals surface area contributed by atoms with Crippen LogP contribution < -0.4 is 10.7 Å². The van der Waals surface area contributed by atoms with E-state index in [1.807, 2.05) is 0 Å². The molecule has 1 atom stereocenters. The highest BCUT2D eigenvalue weighted by molar-refractivity contribution is 6.30. The average Bonchev–Trinajstić information content (AvgIpc) is 4.00. The van der Waals surface area contributed by atoms with E-state index >= 15 is 0 Å². The molecular weight excluding hydrogens is 597 g/mol. The Morgan fingerprint density at radius 2 is 0.898 bits per heavy atom. The van der Waals surface area contributed by atoms with Crippen molar-refractivity contribution < 1.29 is 0 Å². The second-order valence-electron chi connectivity index (χ2n) is 12.8. The van der Waals surface area contributed by atoms with E-state index < -0.39 is 5.41 Å². The highest BCUT2D eigenvalue weighted by Gasteiger charge is 2.35. The van der Waals surface area contributed by atoms with Gasteiger partial charge in [0, 0.05) is 50.2 Å². The summed E-state index contributed by atoms with van der Waals surface area (Å²) in [6, 6.07) is 55.7. The maximum atomic E-state index is 5.38. The molecule has 0 spiro atoms. The Hall–Kier alpha value is -6.39. The van der Waals surface area contributed by atoms with Gasteiger partial charge in [0.2, 0.25) is 0 Å². The second-order valence-corrected chi connectivity index (χ2v) is 12.8. The Bertz CT molecular complexity index is 2530. The molecule has 8 bridgehead atoms. The largest absolute Gasteiger partial charge is 0.357 e. The van der Waals surface area contributed by atoms with Crippen LogP contribution in [0.2, 0.25) is 0 Å². The van der Waals surface area contributed by atoms with Crippen LogP contribution in [0.15, 0.2) is 181 Å². The summed E-state index contributed by atoms with van der Waals surface area (Å²) in [5.41, 5.74) is 13.3. The predicted molar refractivity (Wildman–Crippen MR) is 200 cm³/mol. The highest BCUT2D eigenvalue weighted by atomic mass is 14.8. The van der Waals surface area contributed by atoms with Crippen molar-refractivity contribution in [1.29, 1.82) is 0 Å². The summed E-state index contributed by atoms with van der Waals surface area (Å²) in [5.74, 6) is 0. The maximum Gasteiger partial charge on any atom is 0.0737 e. The highest BCUT2D eigenvalue weighted by Crippen LogP contribution is 2.40. The van der Waals surface area contributed by atoms with Gasteiger partial charge in [0.1, 0.15) is 0 Å². The fourth-order valence-corrected chi connectivity index (χ4v) is 7.37. The summed E-state index contributed by atoms with van der Waals surface area (Å²) in [5, 5.41) is 2.04. The van der Waals surface area contributed by atoms with Crippen LogP contribution in [0, 0.1) is 0 Å². The van der Waals surface area contributed by atoms with Crippen LogP contribution in [0.5, 0.6) is 0 Å². The topological polar surface area (TPSA) is 59.7 Å². The van der Waals surface area contributed by atoms with Crippen LogP contribution in [0.3, 0.4) is 0 Å². The van der Waals surface area contributed by atoms with Crippen LogP contribution in [-0.4, -0.2) is 20.7 Å². The molecule has 0 fully saturated rings. The summed E-state index contributed by atoms with van der Waals surface area (Å²) >= 11 is 0. The van der Waals surface area contributed by atoms with E-state index in [1.165, 1.54) is 5.56 Å². The minimum Gasteiger partial charge on any atom is -0.357 e.